The van der Waals surface area contributed by atoms with Gasteiger partial charge in [0.15, 0.2) is 0 Å². The molecule has 0 aliphatic carbocycles. The second-order valence-corrected chi connectivity index (χ2v) is 6.25. The van der Waals surface area contributed by atoms with E-state index in [-0.39, 0.29) is 11.7 Å². The summed E-state index contributed by atoms with van der Waals surface area (Å²) in [7, 11) is 1.78. The Labute approximate surface area is 153 Å². The van der Waals surface area contributed by atoms with Crippen molar-refractivity contribution in [1.29, 1.82) is 0 Å². The molecule has 0 radical (unpaired) electrons. The van der Waals surface area contributed by atoms with Gasteiger partial charge in [-0.2, -0.15) is 0 Å². The average molecular weight is 365 g/mol. The third-order valence-electron chi connectivity index (χ3n) is 4.34. The highest BCUT2D eigenvalue weighted by Crippen LogP contribution is 2.25. The van der Waals surface area contributed by atoms with E-state index in [9.17, 15) is 9.18 Å². The molecule has 7 nitrogen and oxygen atoms in total. The van der Waals surface area contributed by atoms with Gasteiger partial charge in [-0.1, -0.05) is 5.16 Å². The normalized spacial score (nSPS) is 11.1. The molecule has 1 N–H and O–H groups in total. The van der Waals surface area contributed by atoms with Gasteiger partial charge >= 0.3 is 0 Å². The maximum Gasteiger partial charge on any atom is 0.258 e. The van der Waals surface area contributed by atoms with Crippen LogP contribution >= 0.6 is 0 Å². The number of hydrogen-bond acceptors (Lipinski definition) is 5. The monoisotopic (exact) mass is 365 g/mol. The number of aromatic nitrogens is 4. The molecule has 1 amide bonds. The first kappa shape index (κ1) is 16.9. The number of halogens is 1. The van der Waals surface area contributed by atoms with Crippen LogP contribution in [0.3, 0.4) is 0 Å². The lowest BCUT2D eigenvalue weighted by Crippen LogP contribution is -2.16. The molecule has 4 rings (SSSR count). The van der Waals surface area contributed by atoms with E-state index in [2.05, 4.69) is 20.4 Å². The Morgan fingerprint density at radius 2 is 1.96 bits per heavy atom. The van der Waals surface area contributed by atoms with E-state index in [1.54, 1.807) is 49.9 Å². The lowest BCUT2D eigenvalue weighted by atomic mass is 10.1. The number of pyridine rings is 1. The molecule has 0 atom stereocenters. The molecule has 136 valence electrons. The van der Waals surface area contributed by atoms with E-state index in [1.807, 2.05) is 0 Å². The number of carbonyl (C=O) groups excluding carboxylic acids is 1. The van der Waals surface area contributed by atoms with Crippen molar-refractivity contribution in [3.8, 4) is 11.3 Å². The number of hydrogen-bond donors (Lipinski definition) is 1. The Morgan fingerprint density at radius 3 is 2.70 bits per heavy atom. The summed E-state index contributed by atoms with van der Waals surface area (Å²) in [6, 6.07) is 7.77. The Hall–Kier alpha value is -3.55. The fraction of sp³-hybridized carbons (Fsp3) is 0.158. The average Bonchev–Trinajstić information content (AvgIpc) is 3.18. The third-order valence-corrected chi connectivity index (χ3v) is 4.34. The molecule has 0 aliphatic heterocycles. The second kappa shape index (κ2) is 6.31. The minimum absolute atomic E-state index is 0.310. The first-order valence-electron chi connectivity index (χ1n) is 8.26. The van der Waals surface area contributed by atoms with Crippen LogP contribution in [-0.4, -0.2) is 25.6 Å². The molecule has 3 aromatic heterocycles. The fourth-order valence-corrected chi connectivity index (χ4v) is 2.98. The van der Waals surface area contributed by atoms with E-state index in [4.69, 9.17) is 4.52 Å². The smallest absolute Gasteiger partial charge is 0.258 e. The summed E-state index contributed by atoms with van der Waals surface area (Å²) in [5, 5.41) is 7.27. The highest BCUT2D eigenvalue weighted by atomic mass is 19.1. The quantitative estimate of drug-likeness (QED) is 0.599. The summed E-state index contributed by atoms with van der Waals surface area (Å²) >= 11 is 0. The van der Waals surface area contributed by atoms with Crippen LogP contribution in [0, 0.1) is 19.7 Å². The SMILES string of the molecule is Cc1cc(C(=O)Nc2ncc(-c3ccc(F)cc3)n2C)c2c(C)noc2n1. The summed E-state index contributed by atoms with van der Waals surface area (Å²) in [6.45, 7) is 3.54. The predicted molar refractivity (Wildman–Crippen MR) is 97.8 cm³/mol. The van der Waals surface area contributed by atoms with Crippen molar-refractivity contribution >= 4 is 23.0 Å². The van der Waals surface area contributed by atoms with Crippen LogP contribution in [0.4, 0.5) is 10.3 Å². The standard InChI is InChI=1S/C19H16FN5O2/c1-10-8-14(16-11(2)24-27-18(16)22-10)17(26)23-19-21-9-15(25(19)3)12-4-6-13(20)7-5-12/h4-9H,1-3H3,(H,21,23,26). The molecule has 3 heterocycles. The summed E-state index contributed by atoms with van der Waals surface area (Å²) in [4.78, 5) is 21.4. The van der Waals surface area contributed by atoms with Crippen LogP contribution in [-0.2, 0) is 7.05 Å². The van der Waals surface area contributed by atoms with E-state index in [0.717, 1.165) is 11.3 Å². The van der Waals surface area contributed by atoms with Crippen molar-refractivity contribution in [3.63, 3.8) is 0 Å². The van der Waals surface area contributed by atoms with Gasteiger partial charge in [-0.05, 0) is 44.2 Å². The maximum absolute atomic E-state index is 13.1. The number of rotatable bonds is 3. The Morgan fingerprint density at radius 1 is 1.22 bits per heavy atom. The molecule has 0 saturated heterocycles. The third kappa shape index (κ3) is 2.95. The molecule has 8 heteroatoms. The molecule has 4 aromatic rings. The van der Waals surface area contributed by atoms with Crippen molar-refractivity contribution in [1.82, 2.24) is 19.7 Å². The topological polar surface area (TPSA) is 85.8 Å². The van der Waals surface area contributed by atoms with Crippen molar-refractivity contribution in [2.24, 2.45) is 7.05 Å². The second-order valence-electron chi connectivity index (χ2n) is 6.25. The minimum atomic E-state index is -0.337. The Bertz CT molecular complexity index is 1160. The van der Waals surface area contributed by atoms with E-state index >= 15 is 0 Å². The first-order valence-corrected chi connectivity index (χ1v) is 8.26. The molecule has 27 heavy (non-hydrogen) atoms. The number of fused-ring (bicyclic) bond motifs is 1. The fourth-order valence-electron chi connectivity index (χ4n) is 2.98. The van der Waals surface area contributed by atoms with Crippen molar-refractivity contribution in [2.45, 2.75) is 13.8 Å². The summed E-state index contributed by atoms with van der Waals surface area (Å²) in [5.74, 6) is -0.275. The number of carbonyl (C=O) groups is 1. The van der Waals surface area contributed by atoms with Crippen LogP contribution in [0.2, 0.25) is 0 Å². The maximum atomic E-state index is 13.1. The highest BCUT2D eigenvalue weighted by molar-refractivity contribution is 6.11. The molecule has 0 spiro atoms. The van der Waals surface area contributed by atoms with Gasteiger partial charge in [-0.3, -0.25) is 10.1 Å². The molecule has 0 saturated carbocycles. The van der Waals surface area contributed by atoms with Crippen molar-refractivity contribution in [2.75, 3.05) is 5.32 Å². The van der Waals surface area contributed by atoms with E-state index < -0.39 is 0 Å². The zero-order valence-corrected chi connectivity index (χ0v) is 14.9. The predicted octanol–water partition coefficient (Wildman–Crippen LogP) is 3.63. The van der Waals surface area contributed by atoms with E-state index in [0.29, 0.717) is 34.0 Å². The van der Waals surface area contributed by atoms with Gasteiger partial charge in [-0.15, -0.1) is 0 Å². The largest absolute Gasteiger partial charge is 0.336 e. The zero-order chi connectivity index (χ0) is 19.1. The molecule has 0 bridgehead atoms. The Balaban J connectivity index is 1.68. The van der Waals surface area contributed by atoms with Gasteiger partial charge in [0, 0.05) is 18.3 Å². The van der Waals surface area contributed by atoms with Crippen LogP contribution in [0.25, 0.3) is 22.4 Å². The van der Waals surface area contributed by atoms with Gasteiger partial charge in [0.25, 0.3) is 11.6 Å². The zero-order valence-electron chi connectivity index (χ0n) is 14.9. The van der Waals surface area contributed by atoms with Crippen molar-refractivity contribution in [3.05, 3.63) is 59.3 Å². The van der Waals surface area contributed by atoms with Crippen LogP contribution in [0.5, 0.6) is 0 Å². The molecule has 1 aromatic carbocycles. The number of benzene rings is 1. The van der Waals surface area contributed by atoms with Gasteiger partial charge in [0.1, 0.15) is 5.82 Å². The summed E-state index contributed by atoms with van der Waals surface area (Å²) < 4.78 is 20.0. The number of aryl methyl sites for hydroxylation is 2. The van der Waals surface area contributed by atoms with Gasteiger partial charge in [-0.25, -0.2) is 14.4 Å². The number of nitrogens with zero attached hydrogens (tertiary/aromatic N) is 4. The van der Waals surface area contributed by atoms with E-state index in [1.165, 1.54) is 12.1 Å². The number of nitrogens with one attached hydrogen (secondary N) is 1. The molecule has 0 unspecified atom stereocenters. The molecular formula is C19H16FN5O2. The summed E-state index contributed by atoms with van der Waals surface area (Å²) in [6.07, 6.45) is 1.63. The molecule has 0 fully saturated rings. The highest BCUT2D eigenvalue weighted by Gasteiger charge is 2.19. The molecular weight excluding hydrogens is 349 g/mol. The van der Waals surface area contributed by atoms with Crippen LogP contribution in [0.15, 0.2) is 41.1 Å². The lowest BCUT2D eigenvalue weighted by molar-refractivity contribution is 0.102. The summed E-state index contributed by atoms with van der Waals surface area (Å²) in [5.41, 5.74) is 3.53. The number of anilines is 1. The van der Waals surface area contributed by atoms with Crippen LogP contribution in [0.1, 0.15) is 21.7 Å². The minimum Gasteiger partial charge on any atom is -0.336 e. The first-order chi connectivity index (χ1) is 12.9. The lowest BCUT2D eigenvalue weighted by Gasteiger charge is -2.08. The van der Waals surface area contributed by atoms with Gasteiger partial charge < -0.3 is 9.09 Å². The number of imidazole rings is 1. The van der Waals surface area contributed by atoms with Crippen LogP contribution < -0.4 is 5.32 Å². The van der Waals surface area contributed by atoms with Gasteiger partial charge in [0.05, 0.1) is 28.5 Å². The number of amides is 1. The van der Waals surface area contributed by atoms with Gasteiger partial charge in [0.2, 0.25) is 5.95 Å². The molecule has 0 aliphatic rings. The Kier molecular flexibility index (Phi) is 3.95. The van der Waals surface area contributed by atoms with Crippen molar-refractivity contribution < 1.29 is 13.7 Å².